The quantitative estimate of drug-likeness (QED) is 0.497. The molecule has 1 aromatic heterocycles. The Morgan fingerprint density at radius 3 is 2.17 bits per heavy atom. The second-order valence-electron chi connectivity index (χ2n) is 8.19. The van der Waals surface area contributed by atoms with Gasteiger partial charge in [0.1, 0.15) is 5.82 Å². The minimum atomic E-state index is -5.08. The summed E-state index contributed by atoms with van der Waals surface area (Å²) < 4.78 is 31.7. The molecule has 0 aliphatic heterocycles. The molecule has 0 unspecified atom stereocenters. The normalized spacial score (nSPS) is 17.6. The highest BCUT2D eigenvalue weighted by molar-refractivity contribution is 6.42. The van der Waals surface area contributed by atoms with E-state index in [-0.39, 0.29) is 11.9 Å². The Morgan fingerprint density at radius 1 is 1.09 bits per heavy atom. The van der Waals surface area contributed by atoms with Crippen LogP contribution in [-0.2, 0) is 4.79 Å². The minimum Gasteiger partial charge on any atom is -0.475 e. The monoisotopic (exact) mass is 535 g/mol. The molecule has 0 radical (unpaired) electrons. The summed E-state index contributed by atoms with van der Waals surface area (Å²) in [6, 6.07) is 5.43. The predicted octanol–water partition coefficient (Wildman–Crippen LogP) is 4.94. The zero-order valence-electron chi connectivity index (χ0n) is 19.3. The smallest absolute Gasteiger partial charge is 0.475 e. The lowest BCUT2D eigenvalue weighted by molar-refractivity contribution is -0.192. The molecule has 1 heterocycles. The van der Waals surface area contributed by atoms with Crippen LogP contribution in [0, 0.1) is 6.92 Å². The van der Waals surface area contributed by atoms with Crippen LogP contribution in [0.4, 0.5) is 24.9 Å². The molecule has 0 spiro atoms. The second kappa shape index (κ2) is 12.3. The van der Waals surface area contributed by atoms with E-state index in [2.05, 4.69) is 20.6 Å². The van der Waals surface area contributed by atoms with Crippen LogP contribution in [0.5, 0.6) is 0 Å². The first-order valence-corrected chi connectivity index (χ1v) is 11.4. The summed E-state index contributed by atoms with van der Waals surface area (Å²) in [4.78, 5) is 32.2. The third-order valence-electron chi connectivity index (χ3n) is 5.19. The van der Waals surface area contributed by atoms with Gasteiger partial charge in [-0.1, -0.05) is 23.2 Å². The van der Waals surface area contributed by atoms with Gasteiger partial charge in [-0.2, -0.15) is 18.2 Å². The number of alkyl halides is 3. The van der Waals surface area contributed by atoms with Crippen LogP contribution in [0.2, 0.25) is 10.0 Å². The van der Waals surface area contributed by atoms with E-state index in [1.165, 1.54) is 0 Å². The average molecular weight is 536 g/mol. The maximum atomic E-state index is 12.4. The zero-order chi connectivity index (χ0) is 26.3. The third-order valence-corrected chi connectivity index (χ3v) is 5.93. The lowest BCUT2D eigenvalue weighted by Gasteiger charge is -2.30. The van der Waals surface area contributed by atoms with E-state index in [0.29, 0.717) is 27.6 Å². The first-order valence-electron chi connectivity index (χ1n) is 10.6. The standard InChI is InChI=1S/C20H25Cl2N5O.C2HF3O2/c1-12-11-23-20(27(2)3)26-18(12)24-14-5-7-15(8-6-14)25-19(28)13-4-9-16(21)17(22)10-13;3-2(4,5)1(6)7/h4,9-11,14-15H,5-8H2,1-3H3,(H,25,28)(H,23,24,26);(H,6,7). The number of rotatable bonds is 5. The highest BCUT2D eigenvalue weighted by Crippen LogP contribution is 2.25. The van der Waals surface area contributed by atoms with Gasteiger partial charge in [-0.05, 0) is 50.8 Å². The van der Waals surface area contributed by atoms with Gasteiger partial charge >= 0.3 is 12.1 Å². The van der Waals surface area contributed by atoms with Crippen LogP contribution in [0.1, 0.15) is 41.6 Å². The van der Waals surface area contributed by atoms with Crippen LogP contribution < -0.4 is 15.5 Å². The Hall–Kier alpha value is -2.79. The molecular formula is C22H26Cl2F3N5O3. The first-order chi connectivity index (χ1) is 16.3. The average Bonchev–Trinajstić information content (AvgIpc) is 2.78. The number of nitrogens with one attached hydrogen (secondary N) is 2. The molecule has 0 atom stereocenters. The van der Waals surface area contributed by atoms with E-state index in [4.69, 9.17) is 33.1 Å². The predicted molar refractivity (Wildman–Crippen MR) is 128 cm³/mol. The minimum absolute atomic E-state index is 0.114. The van der Waals surface area contributed by atoms with Gasteiger partial charge in [-0.25, -0.2) is 9.78 Å². The van der Waals surface area contributed by atoms with E-state index in [0.717, 1.165) is 37.1 Å². The van der Waals surface area contributed by atoms with Crippen LogP contribution >= 0.6 is 23.2 Å². The molecule has 2 aromatic rings. The molecule has 1 aliphatic rings. The van der Waals surface area contributed by atoms with Gasteiger partial charge < -0.3 is 20.6 Å². The molecular weight excluding hydrogens is 510 g/mol. The summed E-state index contributed by atoms with van der Waals surface area (Å²) >= 11 is 11.9. The van der Waals surface area contributed by atoms with Crippen molar-refractivity contribution >= 4 is 46.8 Å². The van der Waals surface area contributed by atoms with Crippen molar-refractivity contribution in [1.29, 1.82) is 0 Å². The van der Waals surface area contributed by atoms with Gasteiger partial charge in [-0.15, -0.1) is 0 Å². The van der Waals surface area contributed by atoms with Crippen LogP contribution in [-0.4, -0.2) is 59.3 Å². The van der Waals surface area contributed by atoms with Gasteiger partial charge in [0.2, 0.25) is 5.95 Å². The molecule has 192 valence electrons. The maximum absolute atomic E-state index is 12.4. The molecule has 0 saturated heterocycles. The van der Waals surface area contributed by atoms with Crippen molar-refractivity contribution in [1.82, 2.24) is 15.3 Å². The topological polar surface area (TPSA) is 107 Å². The summed E-state index contributed by atoms with van der Waals surface area (Å²) in [5.41, 5.74) is 1.56. The summed E-state index contributed by atoms with van der Waals surface area (Å²) in [6.45, 7) is 2.00. The lowest BCUT2D eigenvalue weighted by atomic mass is 9.91. The van der Waals surface area contributed by atoms with Crippen molar-refractivity contribution < 1.29 is 27.9 Å². The van der Waals surface area contributed by atoms with E-state index >= 15 is 0 Å². The highest BCUT2D eigenvalue weighted by atomic mass is 35.5. The number of carbonyl (C=O) groups is 2. The number of benzene rings is 1. The van der Waals surface area contributed by atoms with Crippen molar-refractivity contribution in [3.05, 3.63) is 45.6 Å². The van der Waals surface area contributed by atoms with Crippen molar-refractivity contribution in [2.24, 2.45) is 0 Å². The molecule has 3 N–H and O–H groups in total. The fourth-order valence-electron chi connectivity index (χ4n) is 3.28. The highest BCUT2D eigenvalue weighted by Gasteiger charge is 2.38. The number of hydrogen-bond acceptors (Lipinski definition) is 6. The number of aromatic nitrogens is 2. The van der Waals surface area contributed by atoms with E-state index in [9.17, 15) is 18.0 Å². The van der Waals surface area contributed by atoms with Gasteiger partial charge in [-0.3, -0.25) is 4.79 Å². The number of aliphatic carboxylic acids is 1. The Kier molecular flexibility index (Phi) is 9.96. The summed E-state index contributed by atoms with van der Waals surface area (Å²) in [6.07, 6.45) is 0.513. The summed E-state index contributed by atoms with van der Waals surface area (Å²) in [7, 11) is 3.85. The molecule has 0 bridgehead atoms. The van der Waals surface area contributed by atoms with E-state index in [1.54, 1.807) is 18.2 Å². The molecule has 1 aliphatic carbocycles. The number of carboxylic acid groups (broad SMARTS) is 1. The summed E-state index contributed by atoms with van der Waals surface area (Å²) in [5, 5.41) is 14.6. The van der Waals surface area contributed by atoms with Gasteiger partial charge in [0.15, 0.2) is 0 Å². The van der Waals surface area contributed by atoms with Gasteiger partial charge in [0.05, 0.1) is 10.0 Å². The number of hydrogen-bond donors (Lipinski definition) is 3. The van der Waals surface area contributed by atoms with Crippen LogP contribution in [0.15, 0.2) is 24.4 Å². The molecule has 1 aromatic carbocycles. The first kappa shape index (κ1) is 28.4. The van der Waals surface area contributed by atoms with Crippen LogP contribution in [0.25, 0.3) is 0 Å². The van der Waals surface area contributed by atoms with Crippen molar-refractivity contribution in [2.75, 3.05) is 24.3 Å². The third kappa shape index (κ3) is 8.74. The number of aryl methyl sites for hydroxylation is 1. The van der Waals surface area contributed by atoms with Crippen molar-refractivity contribution in [3.63, 3.8) is 0 Å². The molecule has 13 heteroatoms. The molecule has 3 rings (SSSR count). The molecule has 8 nitrogen and oxygen atoms in total. The fraction of sp³-hybridized carbons (Fsp3) is 0.455. The second-order valence-corrected chi connectivity index (χ2v) is 9.01. The van der Waals surface area contributed by atoms with Crippen molar-refractivity contribution in [2.45, 2.75) is 50.9 Å². The lowest BCUT2D eigenvalue weighted by Crippen LogP contribution is -2.40. The molecule has 1 fully saturated rings. The van der Waals surface area contributed by atoms with Gasteiger partial charge in [0.25, 0.3) is 5.91 Å². The number of nitrogens with zero attached hydrogens (tertiary/aromatic N) is 3. The Morgan fingerprint density at radius 2 is 1.66 bits per heavy atom. The van der Waals surface area contributed by atoms with E-state index < -0.39 is 12.1 Å². The number of amides is 1. The number of carbonyl (C=O) groups excluding carboxylic acids is 1. The fourth-order valence-corrected chi connectivity index (χ4v) is 3.57. The Balaban J connectivity index is 0.000000540. The zero-order valence-corrected chi connectivity index (χ0v) is 20.8. The Bertz CT molecular complexity index is 1050. The summed E-state index contributed by atoms with van der Waals surface area (Å²) in [5.74, 6) is -1.30. The molecule has 1 saturated carbocycles. The van der Waals surface area contributed by atoms with Gasteiger partial charge in [0, 0.05) is 43.5 Å². The number of anilines is 2. The Labute approximate surface area is 210 Å². The maximum Gasteiger partial charge on any atom is 0.490 e. The van der Waals surface area contributed by atoms with Crippen LogP contribution in [0.3, 0.4) is 0 Å². The number of carboxylic acids is 1. The molecule has 1 amide bonds. The number of halogens is 5. The largest absolute Gasteiger partial charge is 0.490 e. The molecule has 35 heavy (non-hydrogen) atoms. The van der Waals surface area contributed by atoms with E-state index in [1.807, 2.05) is 32.1 Å². The van der Waals surface area contributed by atoms with Crippen molar-refractivity contribution in [3.8, 4) is 0 Å². The SMILES string of the molecule is Cc1cnc(N(C)C)nc1NC1CCC(NC(=O)c2ccc(Cl)c(Cl)c2)CC1.O=C(O)C(F)(F)F.